The molecule has 1 atom stereocenters. The molecule has 1 N–H and O–H groups in total. The molecule has 4 rings (SSSR count). The van der Waals surface area contributed by atoms with Gasteiger partial charge in [-0.2, -0.15) is 0 Å². The number of benzene rings is 1. The summed E-state index contributed by atoms with van der Waals surface area (Å²) in [5.74, 6) is -0.233. The molecule has 1 aromatic carbocycles. The Morgan fingerprint density at radius 1 is 1.13 bits per heavy atom. The minimum atomic E-state index is -0.743. The van der Waals surface area contributed by atoms with Crippen molar-refractivity contribution in [1.29, 1.82) is 0 Å². The second kappa shape index (κ2) is 9.65. The van der Waals surface area contributed by atoms with E-state index in [1.165, 1.54) is 43.5 Å². The van der Waals surface area contributed by atoms with Crippen molar-refractivity contribution in [2.45, 2.75) is 63.6 Å². The predicted octanol–water partition coefficient (Wildman–Crippen LogP) is 3.18. The van der Waals surface area contributed by atoms with E-state index in [1.54, 1.807) is 4.90 Å². The van der Waals surface area contributed by atoms with E-state index in [0.717, 1.165) is 45.3 Å². The lowest BCUT2D eigenvalue weighted by Gasteiger charge is -2.43. The number of hydrogen-bond donors (Lipinski definition) is 1. The molecule has 0 unspecified atom stereocenters. The summed E-state index contributed by atoms with van der Waals surface area (Å²) in [5.41, 5.74) is -0.358. The van der Waals surface area contributed by atoms with Gasteiger partial charge in [0, 0.05) is 18.7 Å². The molecule has 1 aliphatic carbocycles. The van der Waals surface area contributed by atoms with Crippen molar-refractivity contribution in [3.63, 3.8) is 0 Å². The standard InChI is InChI=1S/C24H34FN3O3/c1-18-9-11-24(12-10-18)28(23(30)19-5-7-20(25)8-6-19)21(17-31-24)22(29)26-13-16-27-14-3-2-4-15-27/h5-8,18,21H,2-4,9-17H2,1H3,(H,26,29)/t18?,21-,24?/m0/s1. The molecule has 2 saturated heterocycles. The van der Waals surface area contributed by atoms with Gasteiger partial charge in [-0.05, 0) is 81.8 Å². The van der Waals surface area contributed by atoms with Crippen LogP contribution in [0.25, 0.3) is 0 Å². The second-order valence-electron chi connectivity index (χ2n) is 9.33. The first-order valence-corrected chi connectivity index (χ1v) is 11.7. The summed E-state index contributed by atoms with van der Waals surface area (Å²) in [6.45, 7) is 5.97. The number of carbonyl (C=O) groups excluding carboxylic acids is 2. The summed E-state index contributed by atoms with van der Waals surface area (Å²) < 4.78 is 19.6. The fraction of sp³-hybridized carbons (Fsp3) is 0.667. The maximum absolute atomic E-state index is 13.5. The van der Waals surface area contributed by atoms with Crippen LogP contribution in [-0.2, 0) is 9.53 Å². The summed E-state index contributed by atoms with van der Waals surface area (Å²) in [7, 11) is 0. The van der Waals surface area contributed by atoms with Crippen molar-refractivity contribution in [3.05, 3.63) is 35.6 Å². The van der Waals surface area contributed by atoms with Crippen LogP contribution in [0.2, 0.25) is 0 Å². The highest BCUT2D eigenvalue weighted by Gasteiger charge is 2.53. The van der Waals surface area contributed by atoms with E-state index in [2.05, 4.69) is 17.1 Å². The maximum Gasteiger partial charge on any atom is 0.256 e. The third-order valence-corrected chi connectivity index (χ3v) is 7.10. The number of nitrogens with one attached hydrogen (secondary N) is 1. The Hall–Kier alpha value is -1.99. The molecular weight excluding hydrogens is 397 g/mol. The zero-order valence-corrected chi connectivity index (χ0v) is 18.4. The van der Waals surface area contributed by atoms with E-state index in [-0.39, 0.29) is 24.2 Å². The zero-order chi connectivity index (χ0) is 21.8. The Morgan fingerprint density at radius 3 is 2.48 bits per heavy atom. The molecule has 0 radical (unpaired) electrons. The van der Waals surface area contributed by atoms with Gasteiger partial charge in [-0.3, -0.25) is 14.5 Å². The Labute approximate surface area is 184 Å². The van der Waals surface area contributed by atoms with Gasteiger partial charge >= 0.3 is 0 Å². The molecule has 6 nitrogen and oxygen atoms in total. The number of ether oxygens (including phenoxy) is 1. The van der Waals surface area contributed by atoms with E-state index in [9.17, 15) is 14.0 Å². The number of amides is 2. The van der Waals surface area contributed by atoms with Gasteiger partial charge < -0.3 is 15.0 Å². The van der Waals surface area contributed by atoms with Crippen LogP contribution in [-0.4, -0.2) is 66.2 Å². The van der Waals surface area contributed by atoms with Crippen LogP contribution in [0, 0.1) is 11.7 Å². The number of nitrogens with zero attached hydrogens (tertiary/aromatic N) is 2. The van der Waals surface area contributed by atoms with Crippen molar-refractivity contribution >= 4 is 11.8 Å². The molecule has 2 amide bonds. The Balaban J connectivity index is 1.47. The van der Waals surface area contributed by atoms with Gasteiger partial charge in [-0.25, -0.2) is 4.39 Å². The average Bonchev–Trinajstić information content (AvgIpc) is 3.15. The van der Waals surface area contributed by atoms with E-state index < -0.39 is 11.8 Å². The fourth-order valence-electron chi connectivity index (χ4n) is 5.15. The van der Waals surface area contributed by atoms with Crippen molar-refractivity contribution in [2.24, 2.45) is 5.92 Å². The first-order valence-electron chi connectivity index (χ1n) is 11.7. The van der Waals surface area contributed by atoms with Crippen molar-refractivity contribution < 1.29 is 18.7 Å². The summed E-state index contributed by atoms with van der Waals surface area (Å²) in [5, 5.41) is 3.03. The maximum atomic E-state index is 13.5. The van der Waals surface area contributed by atoms with Crippen LogP contribution in [0.3, 0.4) is 0 Å². The van der Waals surface area contributed by atoms with E-state index in [0.29, 0.717) is 18.0 Å². The third kappa shape index (κ3) is 4.93. The second-order valence-corrected chi connectivity index (χ2v) is 9.33. The lowest BCUT2D eigenvalue weighted by molar-refractivity contribution is -0.127. The molecule has 3 fully saturated rings. The molecule has 1 saturated carbocycles. The van der Waals surface area contributed by atoms with Gasteiger partial charge in [0.05, 0.1) is 6.61 Å². The highest BCUT2D eigenvalue weighted by atomic mass is 19.1. The molecule has 7 heteroatoms. The van der Waals surface area contributed by atoms with Crippen LogP contribution < -0.4 is 5.32 Å². The minimum Gasteiger partial charge on any atom is -0.353 e. The molecule has 170 valence electrons. The van der Waals surface area contributed by atoms with Gasteiger partial charge in [0.2, 0.25) is 5.91 Å². The van der Waals surface area contributed by atoms with Crippen LogP contribution in [0.15, 0.2) is 24.3 Å². The van der Waals surface area contributed by atoms with E-state index >= 15 is 0 Å². The van der Waals surface area contributed by atoms with Gasteiger partial charge in [0.15, 0.2) is 0 Å². The SMILES string of the molecule is CC1CCC2(CC1)OC[C@@H](C(=O)NCCN1CCCCC1)N2C(=O)c1ccc(F)cc1. The number of piperidine rings is 1. The van der Waals surface area contributed by atoms with Gasteiger partial charge in [-0.1, -0.05) is 13.3 Å². The number of rotatable bonds is 5. The van der Waals surface area contributed by atoms with Crippen molar-refractivity contribution in [2.75, 3.05) is 32.8 Å². The lowest BCUT2D eigenvalue weighted by atomic mass is 9.83. The molecule has 31 heavy (non-hydrogen) atoms. The number of likely N-dealkylation sites (tertiary alicyclic amines) is 1. The Morgan fingerprint density at radius 2 is 1.81 bits per heavy atom. The zero-order valence-electron chi connectivity index (χ0n) is 18.4. The van der Waals surface area contributed by atoms with Gasteiger partial charge in [-0.15, -0.1) is 0 Å². The molecule has 1 aromatic rings. The number of hydrogen-bond acceptors (Lipinski definition) is 4. The number of carbonyl (C=O) groups is 2. The normalized spacial score (nSPS) is 29.3. The van der Waals surface area contributed by atoms with Crippen LogP contribution in [0.1, 0.15) is 62.2 Å². The average molecular weight is 432 g/mol. The molecule has 1 spiro atoms. The first kappa shape index (κ1) is 22.2. The van der Waals surface area contributed by atoms with Crippen LogP contribution >= 0.6 is 0 Å². The predicted molar refractivity (Wildman–Crippen MR) is 116 cm³/mol. The minimum absolute atomic E-state index is 0.164. The summed E-state index contributed by atoms with van der Waals surface area (Å²) in [4.78, 5) is 30.6. The van der Waals surface area contributed by atoms with E-state index in [4.69, 9.17) is 4.74 Å². The largest absolute Gasteiger partial charge is 0.353 e. The monoisotopic (exact) mass is 431 g/mol. The molecule has 0 bridgehead atoms. The summed E-state index contributed by atoms with van der Waals surface area (Å²) >= 11 is 0. The highest BCUT2D eigenvalue weighted by molar-refractivity contribution is 5.98. The van der Waals surface area contributed by atoms with Crippen molar-refractivity contribution in [3.8, 4) is 0 Å². The number of halogens is 1. The molecule has 2 aliphatic heterocycles. The third-order valence-electron chi connectivity index (χ3n) is 7.10. The van der Waals surface area contributed by atoms with Crippen molar-refractivity contribution in [1.82, 2.24) is 15.1 Å². The van der Waals surface area contributed by atoms with Gasteiger partial charge in [0.1, 0.15) is 17.6 Å². The fourth-order valence-corrected chi connectivity index (χ4v) is 5.15. The smallest absolute Gasteiger partial charge is 0.256 e. The topological polar surface area (TPSA) is 61.9 Å². The lowest BCUT2D eigenvalue weighted by Crippen LogP contribution is -2.57. The van der Waals surface area contributed by atoms with Crippen LogP contribution in [0.5, 0.6) is 0 Å². The highest BCUT2D eigenvalue weighted by Crippen LogP contribution is 2.43. The molecular formula is C24H34FN3O3. The molecule has 2 heterocycles. The molecule has 0 aromatic heterocycles. The summed E-state index contributed by atoms with van der Waals surface area (Å²) in [6.07, 6.45) is 7.06. The first-order chi connectivity index (χ1) is 15.0. The van der Waals surface area contributed by atoms with E-state index in [1.807, 2.05) is 0 Å². The van der Waals surface area contributed by atoms with Gasteiger partial charge in [0.25, 0.3) is 5.91 Å². The Kier molecular flexibility index (Phi) is 6.92. The Bertz CT molecular complexity index is 771. The summed E-state index contributed by atoms with van der Waals surface area (Å²) in [6, 6.07) is 4.88. The molecule has 3 aliphatic rings. The van der Waals surface area contributed by atoms with Crippen LogP contribution in [0.4, 0.5) is 4.39 Å². The quantitative estimate of drug-likeness (QED) is 0.778.